The zero-order valence-electron chi connectivity index (χ0n) is 12.8. The Balaban J connectivity index is 2.16. The Morgan fingerprint density at radius 2 is 2.00 bits per heavy atom. The molecule has 1 unspecified atom stereocenters. The topological polar surface area (TPSA) is 61.2 Å². The van der Waals surface area contributed by atoms with Gasteiger partial charge in [0, 0.05) is 13.1 Å². The molecule has 0 saturated carbocycles. The van der Waals surface area contributed by atoms with Crippen molar-refractivity contribution in [2.45, 2.75) is 32.9 Å². The molecule has 0 amide bonds. The van der Waals surface area contributed by atoms with Gasteiger partial charge in [-0.25, -0.2) is 12.7 Å². The normalized spacial score (nSPS) is 20.4. The Morgan fingerprint density at radius 3 is 2.57 bits per heavy atom. The van der Waals surface area contributed by atoms with Gasteiger partial charge in [-0.1, -0.05) is 39.0 Å². The van der Waals surface area contributed by atoms with E-state index in [9.17, 15) is 8.42 Å². The summed E-state index contributed by atoms with van der Waals surface area (Å²) in [6.45, 7) is 7.62. The average Bonchev–Trinajstić information content (AvgIpc) is 2.89. The van der Waals surface area contributed by atoms with Crippen molar-refractivity contribution in [1.82, 2.24) is 4.31 Å². The maximum absolute atomic E-state index is 12.6. The van der Waals surface area contributed by atoms with Crippen molar-refractivity contribution in [3.05, 3.63) is 35.4 Å². The predicted molar refractivity (Wildman–Crippen MR) is 82.9 cm³/mol. The Bertz CT molecular complexity index is 654. The van der Waals surface area contributed by atoms with Crippen LogP contribution in [0, 0.1) is 22.7 Å². The Hall–Kier alpha value is -1.38. The first-order valence-corrected chi connectivity index (χ1v) is 8.81. The van der Waals surface area contributed by atoms with Crippen LogP contribution in [0.5, 0.6) is 0 Å². The first kappa shape index (κ1) is 16.0. The SMILES string of the molecule is CC(C)(C)C1CCN(S(=O)(=O)Cc2ccccc2C#N)C1. The second kappa shape index (κ2) is 5.78. The molecule has 1 saturated heterocycles. The molecule has 0 N–H and O–H groups in total. The third-order valence-corrected chi connectivity index (χ3v) is 6.04. The van der Waals surface area contributed by atoms with Gasteiger partial charge in [0.1, 0.15) is 0 Å². The van der Waals surface area contributed by atoms with E-state index in [4.69, 9.17) is 5.26 Å². The lowest BCUT2D eigenvalue weighted by Crippen LogP contribution is -2.32. The lowest BCUT2D eigenvalue weighted by atomic mass is 9.80. The van der Waals surface area contributed by atoms with Crippen LogP contribution in [0.4, 0.5) is 0 Å². The molecule has 5 heteroatoms. The molecule has 1 atom stereocenters. The van der Waals surface area contributed by atoms with Crippen molar-refractivity contribution < 1.29 is 8.42 Å². The summed E-state index contributed by atoms with van der Waals surface area (Å²) in [4.78, 5) is 0. The number of nitrogens with zero attached hydrogens (tertiary/aromatic N) is 2. The minimum absolute atomic E-state index is 0.0897. The van der Waals surface area contributed by atoms with Crippen molar-refractivity contribution in [1.29, 1.82) is 5.26 Å². The third-order valence-electron chi connectivity index (χ3n) is 4.24. The van der Waals surface area contributed by atoms with Gasteiger partial charge < -0.3 is 0 Å². The second-order valence-corrected chi connectivity index (χ2v) is 8.70. The van der Waals surface area contributed by atoms with E-state index in [0.29, 0.717) is 30.1 Å². The fourth-order valence-corrected chi connectivity index (χ4v) is 4.35. The monoisotopic (exact) mass is 306 g/mol. The average molecular weight is 306 g/mol. The molecule has 1 aliphatic rings. The number of benzene rings is 1. The highest BCUT2D eigenvalue weighted by Gasteiger charge is 2.37. The number of sulfonamides is 1. The first-order chi connectivity index (χ1) is 9.74. The van der Waals surface area contributed by atoms with Gasteiger partial charge in [-0.3, -0.25) is 0 Å². The van der Waals surface area contributed by atoms with E-state index in [1.807, 2.05) is 0 Å². The van der Waals surface area contributed by atoms with E-state index in [0.717, 1.165) is 6.42 Å². The van der Waals surface area contributed by atoms with Gasteiger partial charge in [-0.05, 0) is 29.4 Å². The summed E-state index contributed by atoms with van der Waals surface area (Å²) in [5.41, 5.74) is 1.14. The van der Waals surface area contributed by atoms with Crippen LogP contribution in [0.25, 0.3) is 0 Å². The Morgan fingerprint density at radius 1 is 1.33 bits per heavy atom. The number of hydrogen-bond donors (Lipinski definition) is 0. The third kappa shape index (κ3) is 3.63. The summed E-state index contributed by atoms with van der Waals surface area (Å²) in [7, 11) is -3.36. The minimum atomic E-state index is -3.36. The maximum Gasteiger partial charge on any atom is 0.218 e. The van der Waals surface area contributed by atoms with Crippen LogP contribution in [-0.4, -0.2) is 25.8 Å². The summed E-state index contributed by atoms with van der Waals surface area (Å²) in [6.07, 6.45) is 0.905. The molecule has 0 aromatic heterocycles. The lowest BCUT2D eigenvalue weighted by Gasteiger charge is -2.26. The van der Waals surface area contributed by atoms with E-state index in [1.165, 1.54) is 0 Å². The van der Waals surface area contributed by atoms with Crippen molar-refractivity contribution in [3.8, 4) is 6.07 Å². The highest BCUT2D eigenvalue weighted by atomic mass is 32.2. The summed E-state index contributed by atoms with van der Waals surface area (Å²) < 4.78 is 26.7. The quantitative estimate of drug-likeness (QED) is 0.862. The zero-order chi connectivity index (χ0) is 15.7. The first-order valence-electron chi connectivity index (χ1n) is 7.20. The molecule has 0 bridgehead atoms. The number of rotatable bonds is 3. The van der Waals surface area contributed by atoms with Crippen LogP contribution < -0.4 is 0 Å². The smallest absolute Gasteiger partial charge is 0.212 e. The van der Waals surface area contributed by atoms with Crippen molar-refractivity contribution in [3.63, 3.8) is 0 Å². The van der Waals surface area contributed by atoms with Crippen molar-refractivity contribution in [2.75, 3.05) is 13.1 Å². The Kier molecular flexibility index (Phi) is 4.40. The lowest BCUT2D eigenvalue weighted by molar-refractivity contribution is 0.252. The molecule has 114 valence electrons. The minimum Gasteiger partial charge on any atom is -0.212 e. The van der Waals surface area contributed by atoms with E-state index >= 15 is 0 Å². The molecule has 1 aliphatic heterocycles. The van der Waals surface area contributed by atoms with Gasteiger partial charge in [0.2, 0.25) is 10.0 Å². The van der Waals surface area contributed by atoms with E-state index < -0.39 is 10.0 Å². The molecule has 1 fully saturated rings. The van der Waals surface area contributed by atoms with Gasteiger partial charge in [0.15, 0.2) is 0 Å². The largest absolute Gasteiger partial charge is 0.218 e. The standard InChI is InChI=1S/C16H22N2O2S/c1-16(2,3)15-8-9-18(11-15)21(19,20)12-14-7-5-4-6-13(14)10-17/h4-7,15H,8-9,11-12H2,1-3H3. The van der Waals surface area contributed by atoms with Crippen LogP contribution in [0.3, 0.4) is 0 Å². The molecule has 1 aromatic carbocycles. The molecule has 1 aromatic rings. The Labute approximate surface area is 127 Å². The van der Waals surface area contributed by atoms with Gasteiger partial charge >= 0.3 is 0 Å². The summed E-state index contributed by atoms with van der Waals surface area (Å²) >= 11 is 0. The van der Waals surface area contributed by atoms with Gasteiger partial charge in [0.05, 0.1) is 17.4 Å². The molecule has 0 radical (unpaired) electrons. The predicted octanol–water partition coefficient (Wildman–Crippen LogP) is 2.76. The van der Waals surface area contributed by atoms with Crippen molar-refractivity contribution in [2.24, 2.45) is 11.3 Å². The molecule has 0 spiro atoms. The summed E-state index contributed by atoms with van der Waals surface area (Å²) in [5.74, 6) is 0.298. The van der Waals surface area contributed by atoms with Crippen LogP contribution in [-0.2, 0) is 15.8 Å². The molecule has 0 aliphatic carbocycles. The van der Waals surface area contributed by atoms with Gasteiger partial charge in [-0.15, -0.1) is 0 Å². The molecular formula is C16H22N2O2S. The molecule has 4 nitrogen and oxygen atoms in total. The molecule has 1 heterocycles. The van der Waals surface area contributed by atoms with E-state index in [-0.39, 0.29) is 11.2 Å². The summed E-state index contributed by atoms with van der Waals surface area (Å²) in [6, 6.07) is 8.96. The number of nitriles is 1. The van der Waals surface area contributed by atoms with Gasteiger partial charge in [-0.2, -0.15) is 5.26 Å². The fraction of sp³-hybridized carbons (Fsp3) is 0.562. The fourth-order valence-electron chi connectivity index (χ4n) is 2.73. The summed E-state index contributed by atoms with van der Waals surface area (Å²) in [5, 5.41) is 9.07. The van der Waals surface area contributed by atoms with Gasteiger partial charge in [0.25, 0.3) is 0 Å². The highest BCUT2D eigenvalue weighted by Crippen LogP contribution is 2.35. The molecule has 2 rings (SSSR count). The molecule has 21 heavy (non-hydrogen) atoms. The van der Waals surface area contributed by atoms with Crippen LogP contribution in [0.15, 0.2) is 24.3 Å². The van der Waals surface area contributed by atoms with Crippen LogP contribution >= 0.6 is 0 Å². The van der Waals surface area contributed by atoms with Crippen LogP contribution in [0.1, 0.15) is 38.3 Å². The highest BCUT2D eigenvalue weighted by molar-refractivity contribution is 7.88. The van der Waals surface area contributed by atoms with Crippen molar-refractivity contribution >= 4 is 10.0 Å². The maximum atomic E-state index is 12.6. The zero-order valence-corrected chi connectivity index (χ0v) is 13.7. The second-order valence-electron chi connectivity index (χ2n) is 6.73. The molecular weight excluding hydrogens is 284 g/mol. The number of hydrogen-bond acceptors (Lipinski definition) is 3. The van der Waals surface area contributed by atoms with E-state index in [1.54, 1.807) is 28.6 Å². The van der Waals surface area contributed by atoms with E-state index in [2.05, 4.69) is 26.8 Å². The van der Waals surface area contributed by atoms with Crippen LogP contribution in [0.2, 0.25) is 0 Å².